The number of benzene rings is 1. The standard InChI is InChI=1S/C12H15N3O4/c1-4-12(16)13-9-5-10(15(17)18)7-11(6-9)19-14-8(2)3/h5-7,14H,2,4H2,1,3H3,(H,13,16). The van der Waals surface area contributed by atoms with Gasteiger partial charge in [-0.25, -0.2) is 5.48 Å². The average Bonchev–Trinajstić information content (AvgIpc) is 2.35. The van der Waals surface area contributed by atoms with Crippen LogP contribution in [0.15, 0.2) is 30.5 Å². The van der Waals surface area contributed by atoms with Crippen LogP contribution in [0, 0.1) is 10.1 Å². The molecule has 0 heterocycles. The van der Waals surface area contributed by atoms with Crippen molar-refractivity contribution in [2.45, 2.75) is 20.3 Å². The molecule has 19 heavy (non-hydrogen) atoms. The third-order valence-electron chi connectivity index (χ3n) is 2.05. The number of nitrogens with zero attached hydrogens (tertiary/aromatic N) is 1. The average molecular weight is 265 g/mol. The number of hydrogen-bond acceptors (Lipinski definition) is 5. The highest BCUT2D eigenvalue weighted by Gasteiger charge is 2.12. The quantitative estimate of drug-likeness (QED) is 0.608. The van der Waals surface area contributed by atoms with Gasteiger partial charge in [-0.3, -0.25) is 14.9 Å². The molecule has 7 nitrogen and oxygen atoms in total. The molecule has 0 saturated heterocycles. The normalized spacial score (nSPS) is 9.58. The van der Waals surface area contributed by atoms with E-state index in [0.717, 1.165) is 0 Å². The molecular weight excluding hydrogens is 250 g/mol. The van der Waals surface area contributed by atoms with Crippen molar-refractivity contribution in [2.24, 2.45) is 0 Å². The number of non-ortho nitro benzene ring substituents is 1. The first-order valence-electron chi connectivity index (χ1n) is 5.60. The first-order chi connectivity index (χ1) is 8.92. The molecule has 1 aromatic carbocycles. The summed E-state index contributed by atoms with van der Waals surface area (Å²) in [5.74, 6) is -0.0251. The lowest BCUT2D eigenvalue weighted by Gasteiger charge is -2.09. The molecule has 0 aromatic heterocycles. The van der Waals surface area contributed by atoms with E-state index in [-0.39, 0.29) is 23.8 Å². The van der Waals surface area contributed by atoms with Gasteiger partial charge in [-0.15, -0.1) is 0 Å². The summed E-state index contributed by atoms with van der Waals surface area (Å²) in [7, 11) is 0. The maximum Gasteiger partial charge on any atom is 0.275 e. The Morgan fingerprint density at radius 2 is 2.16 bits per heavy atom. The third kappa shape index (κ3) is 4.66. The topological polar surface area (TPSA) is 93.5 Å². The molecule has 0 atom stereocenters. The second-order valence-corrected chi connectivity index (χ2v) is 3.86. The summed E-state index contributed by atoms with van der Waals surface area (Å²) in [5, 5.41) is 13.3. The van der Waals surface area contributed by atoms with Crippen molar-refractivity contribution in [1.82, 2.24) is 5.48 Å². The minimum atomic E-state index is -0.560. The number of carbonyl (C=O) groups excluding carboxylic acids is 1. The van der Waals surface area contributed by atoms with E-state index in [1.807, 2.05) is 0 Å². The number of nitro groups is 1. The molecule has 102 valence electrons. The lowest BCUT2D eigenvalue weighted by atomic mass is 10.2. The van der Waals surface area contributed by atoms with Crippen LogP contribution in [0.5, 0.6) is 5.75 Å². The van der Waals surface area contributed by atoms with Crippen molar-refractivity contribution < 1.29 is 14.6 Å². The van der Waals surface area contributed by atoms with Crippen LogP contribution in [0.2, 0.25) is 0 Å². The molecule has 0 bridgehead atoms. The second-order valence-electron chi connectivity index (χ2n) is 3.86. The zero-order chi connectivity index (χ0) is 14.4. The van der Waals surface area contributed by atoms with E-state index < -0.39 is 4.92 Å². The number of amides is 1. The number of anilines is 1. The van der Waals surface area contributed by atoms with Gasteiger partial charge in [0, 0.05) is 24.3 Å². The molecule has 0 aliphatic rings. The van der Waals surface area contributed by atoms with Crippen LogP contribution in [0.1, 0.15) is 20.3 Å². The Bertz CT molecular complexity index is 514. The summed E-state index contributed by atoms with van der Waals surface area (Å²) >= 11 is 0. The zero-order valence-electron chi connectivity index (χ0n) is 10.7. The van der Waals surface area contributed by atoms with Gasteiger partial charge in [-0.1, -0.05) is 13.5 Å². The largest absolute Gasteiger partial charge is 0.382 e. The summed E-state index contributed by atoms with van der Waals surface area (Å²) < 4.78 is 0. The zero-order valence-corrected chi connectivity index (χ0v) is 10.7. The highest BCUT2D eigenvalue weighted by atomic mass is 16.6. The Morgan fingerprint density at radius 1 is 1.47 bits per heavy atom. The van der Waals surface area contributed by atoms with E-state index in [4.69, 9.17) is 4.84 Å². The van der Waals surface area contributed by atoms with Gasteiger partial charge in [0.15, 0.2) is 5.75 Å². The Kier molecular flexibility index (Phi) is 4.87. The first-order valence-corrected chi connectivity index (χ1v) is 5.60. The minimum Gasteiger partial charge on any atom is -0.382 e. The molecule has 7 heteroatoms. The number of hydroxylamine groups is 1. The van der Waals surface area contributed by atoms with E-state index >= 15 is 0 Å². The van der Waals surface area contributed by atoms with Crippen LogP contribution in [0.3, 0.4) is 0 Å². The van der Waals surface area contributed by atoms with Gasteiger partial charge in [-0.2, -0.15) is 0 Å². The fourth-order valence-corrected chi connectivity index (χ4v) is 1.22. The van der Waals surface area contributed by atoms with Crippen LogP contribution in [-0.2, 0) is 4.79 Å². The second kappa shape index (κ2) is 6.39. The van der Waals surface area contributed by atoms with E-state index in [2.05, 4.69) is 17.4 Å². The number of allylic oxidation sites excluding steroid dienone is 1. The molecule has 1 amide bonds. The predicted molar refractivity (Wildman–Crippen MR) is 70.6 cm³/mol. The van der Waals surface area contributed by atoms with Crippen LogP contribution in [-0.4, -0.2) is 10.8 Å². The van der Waals surface area contributed by atoms with Crippen LogP contribution >= 0.6 is 0 Å². The number of hydrogen-bond donors (Lipinski definition) is 2. The molecule has 0 saturated carbocycles. The highest BCUT2D eigenvalue weighted by molar-refractivity contribution is 5.91. The number of rotatable bonds is 6. The molecule has 0 aliphatic heterocycles. The Labute approximate surface area is 110 Å². The smallest absolute Gasteiger partial charge is 0.275 e. The molecule has 0 unspecified atom stereocenters. The summed E-state index contributed by atoms with van der Waals surface area (Å²) in [5.41, 5.74) is 3.17. The highest BCUT2D eigenvalue weighted by Crippen LogP contribution is 2.25. The van der Waals surface area contributed by atoms with Gasteiger partial charge < -0.3 is 10.2 Å². The summed E-state index contributed by atoms with van der Waals surface area (Å²) in [6, 6.07) is 4.00. The molecule has 1 aromatic rings. The van der Waals surface area contributed by atoms with E-state index in [9.17, 15) is 14.9 Å². The monoisotopic (exact) mass is 265 g/mol. The molecular formula is C12H15N3O4. The van der Waals surface area contributed by atoms with Gasteiger partial charge >= 0.3 is 0 Å². The third-order valence-corrected chi connectivity index (χ3v) is 2.05. The SMILES string of the molecule is C=C(C)NOc1cc(NC(=O)CC)cc([N+](=O)[O-])c1. The van der Waals surface area contributed by atoms with Crippen molar-refractivity contribution in [3.63, 3.8) is 0 Å². The Morgan fingerprint density at radius 3 is 2.68 bits per heavy atom. The maximum atomic E-state index is 11.3. The van der Waals surface area contributed by atoms with Gasteiger partial charge in [0.2, 0.25) is 5.91 Å². The molecule has 0 aliphatic carbocycles. The Hall–Kier alpha value is -2.57. The number of carbonyl (C=O) groups is 1. The van der Waals surface area contributed by atoms with E-state index in [0.29, 0.717) is 11.4 Å². The van der Waals surface area contributed by atoms with Gasteiger partial charge in [0.1, 0.15) is 0 Å². The van der Waals surface area contributed by atoms with Crippen molar-refractivity contribution in [2.75, 3.05) is 5.32 Å². The summed E-state index contributed by atoms with van der Waals surface area (Å²) in [4.78, 5) is 26.6. The van der Waals surface area contributed by atoms with Crippen LogP contribution in [0.4, 0.5) is 11.4 Å². The number of nitrogens with one attached hydrogen (secondary N) is 2. The summed E-state index contributed by atoms with van der Waals surface area (Å²) in [6.07, 6.45) is 0.281. The summed E-state index contributed by atoms with van der Waals surface area (Å²) in [6.45, 7) is 6.94. The molecule has 2 N–H and O–H groups in total. The van der Waals surface area contributed by atoms with Gasteiger partial charge in [0.25, 0.3) is 5.69 Å². The van der Waals surface area contributed by atoms with Crippen molar-refractivity contribution >= 4 is 17.3 Å². The molecule has 0 spiro atoms. The fourth-order valence-electron chi connectivity index (χ4n) is 1.22. The van der Waals surface area contributed by atoms with Crippen molar-refractivity contribution in [3.8, 4) is 5.75 Å². The molecule has 0 fully saturated rings. The van der Waals surface area contributed by atoms with E-state index in [1.54, 1.807) is 13.8 Å². The Balaban J connectivity index is 2.99. The van der Waals surface area contributed by atoms with Crippen molar-refractivity contribution in [1.29, 1.82) is 0 Å². The lowest BCUT2D eigenvalue weighted by Crippen LogP contribution is -2.15. The fraction of sp³-hybridized carbons (Fsp3) is 0.250. The molecule has 1 rings (SSSR count). The van der Waals surface area contributed by atoms with Gasteiger partial charge in [0.05, 0.1) is 16.7 Å². The van der Waals surface area contributed by atoms with Crippen molar-refractivity contribution in [3.05, 3.63) is 40.6 Å². The van der Waals surface area contributed by atoms with E-state index in [1.165, 1.54) is 18.2 Å². The van der Waals surface area contributed by atoms with Gasteiger partial charge in [-0.05, 0) is 6.92 Å². The minimum absolute atomic E-state index is 0.174. The number of nitro benzene ring substituents is 1. The van der Waals surface area contributed by atoms with Crippen LogP contribution in [0.25, 0.3) is 0 Å². The lowest BCUT2D eigenvalue weighted by molar-refractivity contribution is -0.384. The molecule has 0 radical (unpaired) electrons. The first kappa shape index (κ1) is 14.5. The maximum absolute atomic E-state index is 11.3. The van der Waals surface area contributed by atoms with Crippen LogP contribution < -0.4 is 15.6 Å². The predicted octanol–water partition coefficient (Wildman–Crippen LogP) is 2.36.